The topological polar surface area (TPSA) is 73.1 Å². The maximum absolute atomic E-state index is 11.0. The summed E-state index contributed by atoms with van der Waals surface area (Å²) in [6.45, 7) is 5.04. The van der Waals surface area contributed by atoms with E-state index in [1.807, 2.05) is 6.07 Å². The second kappa shape index (κ2) is 4.73. The van der Waals surface area contributed by atoms with Gasteiger partial charge in [0.15, 0.2) is 0 Å². The number of carbonyl (C=O) groups is 1. The molecule has 0 aliphatic carbocycles. The van der Waals surface area contributed by atoms with Crippen LogP contribution >= 0.6 is 0 Å². The van der Waals surface area contributed by atoms with E-state index in [0.29, 0.717) is 0 Å². The van der Waals surface area contributed by atoms with Gasteiger partial charge >= 0.3 is 0 Å². The summed E-state index contributed by atoms with van der Waals surface area (Å²) >= 11 is 0. The first-order valence-electron chi connectivity index (χ1n) is 3.87. The molecular weight excluding hydrogens is 156 g/mol. The molecule has 68 valence electrons. The van der Waals surface area contributed by atoms with Crippen LogP contribution < -0.4 is 5.32 Å². The minimum absolute atomic E-state index is 0.129. The van der Waals surface area contributed by atoms with Crippen molar-refractivity contribution in [3.63, 3.8) is 0 Å². The number of amides is 1. The van der Waals surface area contributed by atoms with Gasteiger partial charge in [0.1, 0.15) is 12.1 Å². The standard InChI is InChI=1S/C8H14N2O2/c1-5(2)7(11)8(12)10-6(3)4-9/h5-7,11H,1-3H3,(H,10,12)/t6-,7-/m0/s1. The van der Waals surface area contributed by atoms with E-state index in [-0.39, 0.29) is 5.92 Å². The molecule has 0 saturated carbocycles. The lowest BCUT2D eigenvalue weighted by atomic mass is 10.1. The number of aliphatic hydroxyl groups is 1. The third-order valence-electron chi connectivity index (χ3n) is 1.45. The Labute approximate surface area is 72.2 Å². The maximum Gasteiger partial charge on any atom is 0.250 e. The van der Waals surface area contributed by atoms with E-state index >= 15 is 0 Å². The molecule has 2 N–H and O–H groups in total. The second-order valence-corrected chi connectivity index (χ2v) is 3.05. The van der Waals surface area contributed by atoms with Crippen molar-refractivity contribution in [3.05, 3.63) is 0 Å². The van der Waals surface area contributed by atoms with Crippen molar-refractivity contribution < 1.29 is 9.90 Å². The molecule has 0 unspecified atom stereocenters. The molecule has 0 spiro atoms. The zero-order valence-electron chi connectivity index (χ0n) is 7.53. The largest absolute Gasteiger partial charge is 0.383 e. The monoisotopic (exact) mass is 170 g/mol. The summed E-state index contributed by atoms with van der Waals surface area (Å²) in [6.07, 6.45) is -1.03. The van der Waals surface area contributed by atoms with Crippen molar-refractivity contribution in [2.75, 3.05) is 0 Å². The smallest absolute Gasteiger partial charge is 0.250 e. The van der Waals surface area contributed by atoms with Gasteiger partial charge in [0.05, 0.1) is 6.07 Å². The quantitative estimate of drug-likeness (QED) is 0.627. The van der Waals surface area contributed by atoms with E-state index in [0.717, 1.165) is 0 Å². The number of nitrogens with zero attached hydrogens (tertiary/aromatic N) is 1. The first-order valence-corrected chi connectivity index (χ1v) is 3.87. The van der Waals surface area contributed by atoms with E-state index in [9.17, 15) is 9.90 Å². The molecule has 0 rings (SSSR count). The van der Waals surface area contributed by atoms with Crippen molar-refractivity contribution in [2.45, 2.75) is 32.9 Å². The Morgan fingerprint density at radius 3 is 2.33 bits per heavy atom. The first-order chi connectivity index (χ1) is 5.49. The summed E-state index contributed by atoms with van der Waals surface area (Å²) in [5, 5.41) is 19.9. The van der Waals surface area contributed by atoms with E-state index in [2.05, 4.69) is 5.32 Å². The van der Waals surface area contributed by atoms with E-state index < -0.39 is 18.1 Å². The van der Waals surface area contributed by atoms with Crippen LogP contribution in [-0.4, -0.2) is 23.2 Å². The lowest BCUT2D eigenvalue weighted by Crippen LogP contribution is -2.41. The molecule has 4 heteroatoms. The molecule has 0 aliphatic heterocycles. The van der Waals surface area contributed by atoms with Gasteiger partial charge in [-0.3, -0.25) is 4.79 Å². The molecular formula is C8H14N2O2. The van der Waals surface area contributed by atoms with Crippen LogP contribution in [-0.2, 0) is 4.79 Å². The SMILES string of the molecule is CC(C)[C@H](O)C(=O)N[C@@H](C)C#N. The highest BCUT2D eigenvalue weighted by Gasteiger charge is 2.19. The first kappa shape index (κ1) is 10.9. The molecule has 12 heavy (non-hydrogen) atoms. The zero-order valence-corrected chi connectivity index (χ0v) is 7.53. The summed E-state index contributed by atoms with van der Waals surface area (Å²) in [5.74, 6) is -0.616. The fourth-order valence-electron chi connectivity index (χ4n) is 0.634. The van der Waals surface area contributed by atoms with Crippen LogP contribution in [0, 0.1) is 17.2 Å². The number of hydrogen-bond acceptors (Lipinski definition) is 3. The number of hydrogen-bond donors (Lipinski definition) is 2. The zero-order chi connectivity index (χ0) is 9.72. The molecule has 0 bridgehead atoms. The molecule has 0 radical (unpaired) electrons. The Bertz CT molecular complexity index is 196. The van der Waals surface area contributed by atoms with E-state index in [1.165, 1.54) is 0 Å². The van der Waals surface area contributed by atoms with Gasteiger partial charge in [-0.2, -0.15) is 5.26 Å². The highest BCUT2D eigenvalue weighted by molar-refractivity contribution is 5.81. The molecule has 0 aromatic carbocycles. The Kier molecular flexibility index (Phi) is 4.30. The van der Waals surface area contributed by atoms with Gasteiger partial charge < -0.3 is 10.4 Å². The van der Waals surface area contributed by atoms with Crippen LogP contribution in [0.15, 0.2) is 0 Å². The minimum Gasteiger partial charge on any atom is -0.383 e. The number of rotatable bonds is 3. The summed E-state index contributed by atoms with van der Waals surface area (Å²) in [5.41, 5.74) is 0. The van der Waals surface area contributed by atoms with Crippen LogP contribution in [0.5, 0.6) is 0 Å². The van der Waals surface area contributed by atoms with E-state index in [4.69, 9.17) is 5.26 Å². The molecule has 0 aromatic heterocycles. The molecule has 0 aliphatic rings. The van der Waals surface area contributed by atoms with Gasteiger partial charge in [-0.15, -0.1) is 0 Å². The number of aliphatic hydroxyl groups excluding tert-OH is 1. The average Bonchev–Trinajstić information content (AvgIpc) is 2.02. The normalized spacial score (nSPS) is 15.0. The molecule has 2 atom stereocenters. The van der Waals surface area contributed by atoms with Crippen LogP contribution in [0.4, 0.5) is 0 Å². The Morgan fingerprint density at radius 2 is 2.00 bits per heavy atom. The van der Waals surface area contributed by atoms with Gasteiger partial charge in [0.25, 0.3) is 0 Å². The maximum atomic E-state index is 11.0. The Balaban J connectivity index is 3.98. The summed E-state index contributed by atoms with van der Waals surface area (Å²) in [7, 11) is 0. The van der Waals surface area contributed by atoms with Crippen molar-refractivity contribution in [2.24, 2.45) is 5.92 Å². The number of nitriles is 1. The summed E-state index contributed by atoms with van der Waals surface area (Å²) < 4.78 is 0. The van der Waals surface area contributed by atoms with Crippen molar-refractivity contribution in [3.8, 4) is 6.07 Å². The molecule has 1 amide bonds. The van der Waals surface area contributed by atoms with Crippen molar-refractivity contribution in [1.82, 2.24) is 5.32 Å². The fraction of sp³-hybridized carbons (Fsp3) is 0.750. The molecule has 0 fully saturated rings. The van der Waals surface area contributed by atoms with Gasteiger partial charge in [0.2, 0.25) is 5.91 Å². The van der Waals surface area contributed by atoms with Crippen LogP contribution in [0.25, 0.3) is 0 Å². The second-order valence-electron chi connectivity index (χ2n) is 3.05. The molecule has 4 nitrogen and oxygen atoms in total. The molecule has 0 heterocycles. The predicted molar refractivity (Wildman–Crippen MR) is 44.1 cm³/mol. The van der Waals surface area contributed by atoms with Crippen LogP contribution in [0.3, 0.4) is 0 Å². The van der Waals surface area contributed by atoms with Gasteiger partial charge in [-0.05, 0) is 12.8 Å². The number of carbonyl (C=O) groups excluding carboxylic acids is 1. The van der Waals surface area contributed by atoms with Crippen LogP contribution in [0.1, 0.15) is 20.8 Å². The molecule has 0 aromatic rings. The number of nitrogens with one attached hydrogen (secondary N) is 1. The summed E-state index contributed by atoms with van der Waals surface area (Å²) in [6, 6.07) is 1.30. The summed E-state index contributed by atoms with van der Waals surface area (Å²) in [4.78, 5) is 11.0. The molecule has 0 saturated heterocycles. The van der Waals surface area contributed by atoms with E-state index in [1.54, 1.807) is 20.8 Å². The predicted octanol–water partition coefficient (Wildman–Crippen LogP) is 0.0316. The fourth-order valence-corrected chi connectivity index (χ4v) is 0.634. The van der Waals surface area contributed by atoms with Crippen LogP contribution in [0.2, 0.25) is 0 Å². The van der Waals surface area contributed by atoms with Gasteiger partial charge in [-0.1, -0.05) is 13.8 Å². The van der Waals surface area contributed by atoms with Gasteiger partial charge in [-0.25, -0.2) is 0 Å². The minimum atomic E-state index is -1.03. The third-order valence-corrected chi connectivity index (χ3v) is 1.45. The third kappa shape index (κ3) is 3.35. The van der Waals surface area contributed by atoms with Crippen molar-refractivity contribution in [1.29, 1.82) is 5.26 Å². The Morgan fingerprint density at radius 1 is 1.50 bits per heavy atom. The highest BCUT2D eigenvalue weighted by atomic mass is 16.3. The lowest BCUT2D eigenvalue weighted by Gasteiger charge is -2.14. The highest BCUT2D eigenvalue weighted by Crippen LogP contribution is 2.00. The Hall–Kier alpha value is -1.08. The average molecular weight is 170 g/mol. The van der Waals surface area contributed by atoms with Crippen molar-refractivity contribution >= 4 is 5.91 Å². The lowest BCUT2D eigenvalue weighted by molar-refractivity contribution is -0.131. The van der Waals surface area contributed by atoms with Gasteiger partial charge in [0, 0.05) is 0 Å².